The average Bonchev–Trinajstić information content (AvgIpc) is 2.44. The molecule has 2 unspecified atom stereocenters. The van der Waals surface area contributed by atoms with Gasteiger partial charge >= 0.3 is 0 Å². The van der Waals surface area contributed by atoms with Gasteiger partial charge < -0.3 is 10.6 Å². The van der Waals surface area contributed by atoms with Gasteiger partial charge in [-0.3, -0.25) is 4.90 Å². The van der Waals surface area contributed by atoms with Crippen LogP contribution in [0.4, 0.5) is 0 Å². The molecule has 2 rings (SSSR count). The molecule has 0 amide bonds. The third-order valence-electron chi connectivity index (χ3n) is 2.86. The zero-order valence-corrected chi connectivity index (χ0v) is 6.45. The van der Waals surface area contributed by atoms with E-state index < -0.39 is 0 Å². The zero-order chi connectivity index (χ0) is 7.14. The smallest absolute Gasteiger partial charge is 0.0459 e. The van der Waals surface area contributed by atoms with Crippen molar-refractivity contribution in [2.45, 2.75) is 18.5 Å². The van der Waals surface area contributed by atoms with E-state index in [1.807, 2.05) is 0 Å². The number of hydrogen-bond donors (Lipinski definition) is 1. The number of likely N-dealkylation sites (N-methyl/N-ethyl adjacent to an activating group) is 1. The summed E-state index contributed by atoms with van der Waals surface area (Å²) in [5, 5.41) is 0. The molecule has 3 heteroatoms. The Kier molecular flexibility index (Phi) is 1.44. The van der Waals surface area contributed by atoms with E-state index >= 15 is 0 Å². The van der Waals surface area contributed by atoms with Crippen LogP contribution in [0.25, 0.3) is 0 Å². The molecule has 3 nitrogen and oxygen atoms in total. The first-order valence-corrected chi connectivity index (χ1v) is 3.95. The third kappa shape index (κ3) is 0.779. The van der Waals surface area contributed by atoms with Crippen LogP contribution in [-0.4, -0.2) is 48.7 Å². The van der Waals surface area contributed by atoms with Crippen molar-refractivity contribution < 1.29 is 0 Å². The van der Waals surface area contributed by atoms with Gasteiger partial charge in [0.1, 0.15) is 0 Å². The van der Waals surface area contributed by atoms with Gasteiger partial charge in [0.25, 0.3) is 0 Å². The van der Waals surface area contributed by atoms with Crippen LogP contribution in [-0.2, 0) is 0 Å². The van der Waals surface area contributed by atoms with Gasteiger partial charge in [0.2, 0.25) is 0 Å². The van der Waals surface area contributed by atoms with Crippen LogP contribution in [0.1, 0.15) is 6.42 Å². The first-order chi connectivity index (χ1) is 4.81. The number of likely N-dealkylation sites (tertiary alicyclic amines) is 2. The molecule has 2 aliphatic rings. The van der Waals surface area contributed by atoms with Gasteiger partial charge in [-0.2, -0.15) is 0 Å². The fraction of sp³-hybridized carbons (Fsp3) is 1.00. The molecule has 2 atom stereocenters. The summed E-state index contributed by atoms with van der Waals surface area (Å²) in [5.74, 6) is 0. The lowest BCUT2D eigenvalue weighted by molar-refractivity contribution is 0.153. The van der Waals surface area contributed by atoms with Gasteiger partial charge in [-0.15, -0.1) is 0 Å². The SMILES string of the molecule is CN1CC2CC1CN2CN. The Morgan fingerprint density at radius 3 is 2.60 bits per heavy atom. The predicted molar refractivity (Wildman–Crippen MR) is 40.6 cm³/mol. The topological polar surface area (TPSA) is 32.5 Å². The van der Waals surface area contributed by atoms with Gasteiger partial charge in [0, 0.05) is 31.8 Å². The Balaban J connectivity index is 2.02. The van der Waals surface area contributed by atoms with Crippen molar-refractivity contribution in [1.82, 2.24) is 9.80 Å². The van der Waals surface area contributed by atoms with Gasteiger partial charge in [0.15, 0.2) is 0 Å². The van der Waals surface area contributed by atoms with Crippen molar-refractivity contribution in [2.75, 3.05) is 26.8 Å². The second kappa shape index (κ2) is 2.19. The molecular weight excluding hydrogens is 126 g/mol. The van der Waals surface area contributed by atoms with E-state index in [-0.39, 0.29) is 0 Å². The molecule has 0 aromatic heterocycles. The Morgan fingerprint density at radius 1 is 1.40 bits per heavy atom. The Hall–Kier alpha value is -0.120. The summed E-state index contributed by atoms with van der Waals surface area (Å²) in [5.41, 5.74) is 5.57. The minimum absolute atomic E-state index is 0.745. The second-order valence-electron chi connectivity index (χ2n) is 3.44. The highest BCUT2D eigenvalue weighted by molar-refractivity contribution is 4.97. The van der Waals surface area contributed by atoms with Crippen LogP contribution in [0.5, 0.6) is 0 Å². The van der Waals surface area contributed by atoms with Crippen LogP contribution in [0.2, 0.25) is 0 Å². The summed E-state index contributed by atoms with van der Waals surface area (Å²) in [6.07, 6.45) is 1.34. The molecule has 58 valence electrons. The standard InChI is InChI=1S/C7H15N3/c1-9-3-7-2-6(9)4-10(7)5-8/h6-7H,2-5,8H2,1H3. The summed E-state index contributed by atoms with van der Waals surface area (Å²) >= 11 is 0. The molecular formula is C7H15N3. The zero-order valence-electron chi connectivity index (χ0n) is 6.45. The molecule has 2 aliphatic heterocycles. The molecule has 0 aliphatic carbocycles. The van der Waals surface area contributed by atoms with Crippen LogP contribution >= 0.6 is 0 Å². The number of piperazine rings is 1. The molecule has 0 aromatic rings. The molecule has 2 bridgehead atoms. The van der Waals surface area contributed by atoms with E-state index in [0.29, 0.717) is 0 Å². The lowest BCUT2D eigenvalue weighted by Crippen LogP contribution is -2.46. The van der Waals surface area contributed by atoms with E-state index in [0.717, 1.165) is 18.8 Å². The van der Waals surface area contributed by atoms with Crippen molar-refractivity contribution in [1.29, 1.82) is 0 Å². The largest absolute Gasteiger partial charge is 0.318 e. The van der Waals surface area contributed by atoms with Crippen LogP contribution in [0, 0.1) is 0 Å². The quantitative estimate of drug-likeness (QED) is 0.523. The lowest BCUT2D eigenvalue weighted by Gasteiger charge is -2.30. The highest BCUT2D eigenvalue weighted by Gasteiger charge is 2.40. The van der Waals surface area contributed by atoms with Crippen molar-refractivity contribution >= 4 is 0 Å². The fourth-order valence-corrected chi connectivity index (χ4v) is 2.17. The summed E-state index contributed by atoms with van der Waals surface area (Å²) in [4.78, 5) is 4.82. The number of fused-ring (bicyclic) bond motifs is 2. The minimum atomic E-state index is 0.745. The maximum Gasteiger partial charge on any atom is 0.0459 e. The third-order valence-corrected chi connectivity index (χ3v) is 2.86. The molecule has 2 saturated heterocycles. The first kappa shape index (κ1) is 6.58. The van der Waals surface area contributed by atoms with Gasteiger partial charge in [-0.1, -0.05) is 0 Å². The average molecular weight is 141 g/mol. The molecule has 10 heavy (non-hydrogen) atoms. The van der Waals surface area contributed by atoms with Crippen molar-refractivity contribution in [3.05, 3.63) is 0 Å². The van der Waals surface area contributed by atoms with E-state index in [9.17, 15) is 0 Å². The summed E-state index contributed by atoms with van der Waals surface area (Å²) in [7, 11) is 2.21. The summed E-state index contributed by atoms with van der Waals surface area (Å²) in [6, 6.07) is 1.56. The van der Waals surface area contributed by atoms with Crippen molar-refractivity contribution in [3.8, 4) is 0 Å². The maximum atomic E-state index is 5.57. The minimum Gasteiger partial charge on any atom is -0.318 e. The van der Waals surface area contributed by atoms with E-state index in [2.05, 4.69) is 16.8 Å². The molecule has 0 radical (unpaired) electrons. The van der Waals surface area contributed by atoms with Crippen LogP contribution < -0.4 is 5.73 Å². The molecule has 0 aromatic carbocycles. The highest BCUT2D eigenvalue weighted by Crippen LogP contribution is 2.27. The van der Waals surface area contributed by atoms with Crippen LogP contribution in [0.3, 0.4) is 0 Å². The predicted octanol–water partition coefficient (Wildman–Crippen LogP) is -0.709. The number of nitrogens with zero attached hydrogens (tertiary/aromatic N) is 2. The second-order valence-corrected chi connectivity index (χ2v) is 3.44. The summed E-state index contributed by atoms with van der Waals surface area (Å²) < 4.78 is 0. The molecule has 0 spiro atoms. The molecule has 0 saturated carbocycles. The lowest BCUT2D eigenvalue weighted by atomic mass is 10.2. The maximum absolute atomic E-state index is 5.57. The fourth-order valence-electron chi connectivity index (χ4n) is 2.17. The van der Waals surface area contributed by atoms with E-state index in [1.54, 1.807) is 0 Å². The van der Waals surface area contributed by atoms with E-state index in [1.165, 1.54) is 19.5 Å². The molecule has 2 N–H and O–H groups in total. The van der Waals surface area contributed by atoms with Crippen molar-refractivity contribution in [2.24, 2.45) is 5.73 Å². The number of nitrogens with two attached hydrogens (primary N) is 1. The Labute approximate surface area is 61.8 Å². The number of rotatable bonds is 1. The van der Waals surface area contributed by atoms with Gasteiger partial charge in [0.05, 0.1) is 0 Å². The monoisotopic (exact) mass is 141 g/mol. The van der Waals surface area contributed by atoms with Gasteiger partial charge in [-0.05, 0) is 13.5 Å². The molecule has 2 heterocycles. The Bertz CT molecular complexity index is 135. The molecule has 2 fully saturated rings. The van der Waals surface area contributed by atoms with Gasteiger partial charge in [-0.25, -0.2) is 0 Å². The highest BCUT2D eigenvalue weighted by atomic mass is 15.4. The Morgan fingerprint density at radius 2 is 2.20 bits per heavy atom. The normalized spacial score (nSPS) is 41.4. The van der Waals surface area contributed by atoms with E-state index in [4.69, 9.17) is 5.73 Å². The van der Waals surface area contributed by atoms with Crippen LogP contribution in [0.15, 0.2) is 0 Å². The van der Waals surface area contributed by atoms with Crippen molar-refractivity contribution in [3.63, 3.8) is 0 Å². The first-order valence-electron chi connectivity index (χ1n) is 3.95. The number of hydrogen-bond acceptors (Lipinski definition) is 3. The summed E-state index contributed by atoms with van der Waals surface area (Å²) in [6.45, 7) is 3.16.